The summed E-state index contributed by atoms with van der Waals surface area (Å²) in [5.41, 5.74) is 3.04. The molecule has 6 heteroatoms. The molecule has 1 aliphatic carbocycles. The Kier molecular flexibility index (Phi) is 5.48. The van der Waals surface area contributed by atoms with Gasteiger partial charge in [0, 0.05) is 19.3 Å². The van der Waals surface area contributed by atoms with E-state index >= 15 is 0 Å². The lowest BCUT2D eigenvalue weighted by Gasteiger charge is -2.18. The van der Waals surface area contributed by atoms with Crippen LogP contribution in [0.1, 0.15) is 31.2 Å². The van der Waals surface area contributed by atoms with Crippen LogP contribution in [-0.2, 0) is 6.54 Å². The highest BCUT2D eigenvalue weighted by Crippen LogP contribution is 2.27. The molecule has 1 aromatic heterocycles. The summed E-state index contributed by atoms with van der Waals surface area (Å²) in [7, 11) is 0. The van der Waals surface area contributed by atoms with Gasteiger partial charge in [-0.3, -0.25) is 5.10 Å². The van der Waals surface area contributed by atoms with Crippen LogP contribution < -0.4 is 10.6 Å². The van der Waals surface area contributed by atoms with Crippen molar-refractivity contribution in [1.82, 2.24) is 20.8 Å². The van der Waals surface area contributed by atoms with Gasteiger partial charge in [-0.05, 0) is 36.0 Å². The molecule has 2 aromatic rings. The van der Waals surface area contributed by atoms with Crippen molar-refractivity contribution in [2.75, 3.05) is 6.54 Å². The summed E-state index contributed by atoms with van der Waals surface area (Å²) >= 11 is 0. The highest BCUT2D eigenvalue weighted by atomic mass is 16.3. The van der Waals surface area contributed by atoms with Crippen molar-refractivity contribution in [3.63, 3.8) is 0 Å². The molecule has 1 aromatic carbocycles. The van der Waals surface area contributed by atoms with E-state index < -0.39 is 6.10 Å². The van der Waals surface area contributed by atoms with Gasteiger partial charge in [0.25, 0.3) is 0 Å². The molecule has 0 saturated heterocycles. The molecule has 1 heterocycles. The van der Waals surface area contributed by atoms with Crippen molar-refractivity contribution >= 4 is 6.03 Å². The number of aromatic amines is 1. The molecule has 1 saturated carbocycles. The molecule has 3 rings (SSSR count). The van der Waals surface area contributed by atoms with E-state index in [9.17, 15) is 9.90 Å². The molecule has 1 fully saturated rings. The van der Waals surface area contributed by atoms with E-state index in [1.165, 1.54) is 12.8 Å². The van der Waals surface area contributed by atoms with Crippen molar-refractivity contribution < 1.29 is 9.90 Å². The van der Waals surface area contributed by atoms with Crippen molar-refractivity contribution in [2.24, 2.45) is 5.92 Å². The number of urea groups is 1. The van der Waals surface area contributed by atoms with Crippen LogP contribution in [0.5, 0.6) is 0 Å². The highest BCUT2D eigenvalue weighted by Gasteiger charge is 2.23. The van der Waals surface area contributed by atoms with Crippen molar-refractivity contribution in [1.29, 1.82) is 0 Å². The van der Waals surface area contributed by atoms with Crippen molar-refractivity contribution in [2.45, 2.75) is 38.3 Å². The fraction of sp³-hybridized carbons (Fsp3) is 0.444. The van der Waals surface area contributed by atoms with Crippen LogP contribution in [0, 0.1) is 5.92 Å². The molecule has 24 heavy (non-hydrogen) atoms. The fourth-order valence-electron chi connectivity index (χ4n) is 3.17. The Morgan fingerprint density at radius 1 is 1.21 bits per heavy atom. The van der Waals surface area contributed by atoms with E-state index in [1.807, 2.05) is 30.3 Å². The van der Waals surface area contributed by atoms with E-state index in [4.69, 9.17) is 0 Å². The average Bonchev–Trinajstić information content (AvgIpc) is 3.31. The zero-order chi connectivity index (χ0) is 16.8. The molecule has 1 atom stereocenters. The zero-order valence-electron chi connectivity index (χ0n) is 13.7. The van der Waals surface area contributed by atoms with Crippen LogP contribution in [0.15, 0.2) is 36.5 Å². The zero-order valence-corrected chi connectivity index (χ0v) is 13.7. The Morgan fingerprint density at radius 2 is 1.96 bits per heavy atom. The van der Waals surface area contributed by atoms with Crippen LogP contribution in [0.3, 0.4) is 0 Å². The first-order chi connectivity index (χ1) is 11.7. The SMILES string of the molecule is O=C(NCc1ccc(-c2ccn[nH]2)cc1)NCC(O)C1CCCC1. The molecular formula is C18H24N4O2. The number of benzene rings is 1. The van der Waals surface area contributed by atoms with E-state index in [0.29, 0.717) is 19.0 Å². The number of hydrogen-bond donors (Lipinski definition) is 4. The smallest absolute Gasteiger partial charge is 0.315 e. The quantitative estimate of drug-likeness (QED) is 0.656. The molecule has 2 amide bonds. The number of aliphatic hydroxyl groups excluding tert-OH is 1. The number of carbonyl (C=O) groups is 1. The Bertz CT molecular complexity index is 634. The molecular weight excluding hydrogens is 304 g/mol. The minimum absolute atomic E-state index is 0.246. The van der Waals surface area contributed by atoms with Crippen LogP contribution >= 0.6 is 0 Å². The van der Waals surface area contributed by atoms with Gasteiger partial charge in [0.1, 0.15) is 0 Å². The predicted octanol–water partition coefficient (Wildman–Crippen LogP) is 2.43. The Hall–Kier alpha value is -2.34. The summed E-state index contributed by atoms with van der Waals surface area (Å²) in [5, 5.41) is 22.5. The molecule has 4 N–H and O–H groups in total. The average molecular weight is 328 g/mol. The number of carbonyl (C=O) groups excluding carboxylic acids is 1. The van der Waals surface area contributed by atoms with Crippen LogP contribution in [0.25, 0.3) is 11.3 Å². The van der Waals surface area contributed by atoms with Gasteiger partial charge in [-0.25, -0.2) is 4.79 Å². The van der Waals surface area contributed by atoms with Crippen molar-refractivity contribution in [3.8, 4) is 11.3 Å². The molecule has 6 nitrogen and oxygen atoms in total. The van der Waals surface area contributed by atoms with Gasteiger partial charge in [0.2, 0.25) is 0 Å². The number of amides is 2. The maximum Gasteiger partial charge on any atom is 0.315 e. The molecule has 0 spiro atoms. The van der Waals surface area contributed by atoms with Crippen LogP contribution in [-0.4, -0.2) is 34.0 Å². The minimum atomic E-state index is -0.438. The third-order valence-electron chi connectivity index (χ3n) is 4.63. The van der Waals surface area contributed by atoms with Crippen LogP contribution in [0.4, 0.5) is 4.79 Å². The van der Waals surface area contributed by atoms with Crippen LogP contribution in [0.2, 0.25) is 0 Å². The second-order valence-corrected chi connectivity index (χ2v) is 6.34. The van der Waals surface area contributed by atoms with Crippen molar-refractivity contribution in [3.05, 3.63) is 42.1 Å². The third-order valence-corrected chi connectivity index (χ3v) is 4.63. The fourth-order valence-corrected chi connectivity index (χ4v) is 3.17. The Balaban J connectivity index is 1.41. The topological polar surface area (TPSA) is 90.0 Å². The Morgan fingerprint density at radius 3 is 2.62 bits per heavy atom. The second-order valence-electron chi connectivity index (χ2n) is 6.34. The highest BCUT2D eigenvalue weighted by molar-refractivity contribution is 5.73. The Labute approximate surface area is 141 Å². The summed E-state index contributed by atoms with van der Waals surface area (Å²) in [6, 6.07) is 9.60. The van der Waals surface area contributed by atoms with E-state index in [-0.39, 0.29) is 6.03 Å². The number of nitrogens with one attached hydrogen (secondary N) is 3. The van der Waals surface area contributed by atoms with E-state index in [0.717, 1.165) is 29.7 Å². The summed E-state index contributed by atoms with van der Waals surface area (Å²) in [6.07, 6.45) is 5.77. The number of hydrogen-bond acceptors (Lipinski definition) is 3. The van der Waals surface area contributed by atoms with E-state index in [1.54, 1.807) is 6.20 Å². The standard InChI is InChI=1S/C18H24N4O2/c23-17(15-3-1-2-4-15)12-20-18(24)19-11-13-5-7-14(8-6-13)16-9-10-21-22-16/h5-10,15,17,23H,1-4,11-12H2,(H,21,22)(H2,19,20,24). The van der Waals surface area contributed by atoms with Gasteiger partial charge in [-0.1, -0.05) is 37.1 Å². The maximum absolute atomic E-state index is 11.8. The first-order valence-electron chi connectivity index (χ1n) is 8.51. The maximum atomic E-state index is 11.8. The number of aliphatic hydroxyl groups is 1. The number of H-pyrrole nitrogens is 1. The first kappa shape index (κ1) is 16.5. The monoisotopic (exact) mass is 328 g/mol. The number of aromatic nitrogens is 2. The number of rotatable bonds is 6. The minimum Gasteiger partial charge on any atom is -0.391 e. The molecule has 0 bridgehead atoms. The number of nitrogens with zero attached hydrogens (tertiary/aromatic N) is 1. The van der Waals surface area contributed by atoms with Gasteiger partial charge < -0.3 is 15.7 Å². The summed E-state index contributed by atoms with van der Waals surface area (Å²) < 4.78 is 0. The lowest BCUT2D eigenvalue weighted by molar-refractivity contribution is 0.111. The van der Waals surface area contributed by atoms with Gasteiger partial charge in [0.15, 0.2) is 0 Å². The molecule has 128 valence electrons. The predicted molar refractivity (Wildman–Crippen MR) is 92.2 cm³/mol. The summed E-state index contributed by atoms with van der Waals surface area (Å²) in [4.78, 5) is 11.8. The molecule has 1 aliphatic rings. The molecule has 1 unspecified atom stereocenters. The lowest BCUT2D eigenvalue weighted by atomic mass is 10.0. The first-order valence-corrected chi connectivity index (χ1v) is 8.51. The molecule has 0 aliphatic heterocycles. The largest absolute Gasteiger partial charge is 0.391 e. The lowest BCUT2D eigenvalue weighted by Crippen LogP contribution is -2.41. The van der Waals surface area contributed by atoms with E-state index in [2.05, 4.69) is 20.8 Å². The third kappa shape index (κ3) is 4.35. The summed E-state index contributed by atoms with van der Waals surface area (Å²) in [5.74, 6) is 0.334. The van der Waals surface area contributed by atoms with Gasteiger partial charge >= 0.3 is 6.03 Å². The van der Waals surface area contributed by atoms with Gasteiger partial charge in [-0.15, -0.1) is 0 Å². The van der Waals surface area contributed by atoms with Gasteiger partial charge in [-0.2, -0.15) is 5.10 Å². The summed E-state index contributed by atoms with van der Waals surface area (Å²) in [6.45, 7) is 0.768. The normalized spacial score (nSPS) is 16.0. The molecule has 0 radical (unpaired) electrons. The second kappa shape index (κ2) is 7.97. The van der Waals surface area contributed by atoms with Gasteiger partial charge in [0.05, 0.1) is 11.8 Å².